The van der Waals surface area contributed by atoms with Gasteiger partial charge in [-0.05, 0) is 44.5 Å². The molecule has 0 spiro atoms. The molecule has 116 valence electrons. The van der Waals surface area contributed by atoms with Crippen molar-refractivity contribution in [1.29, 1.82) is 0 Å². The number of anilines is 1. The number of halogens is 3. The molecule has 1 unspecified atom stereocenters. The highest BCUT2D eigenvalue weighted by Gasteiger charge is 2.33. The van der Waals surface area contributed by atoms with Crippen LogP contribution in [0.2, 0.25) is 0 Å². The van der Waals surface area contributed by atoms with E-state index < -0.39 is 11.7 Å². The van der Waals surface area contributed by atoms with E-state index in [1.54, 1.807) is 0 Å². The number of rotatable bonds is 3. The monoisotopic (exact) mass is 300 g/mol. The zero-order valence-electron chi connectivity index (χ0n) is 11.9. The number of piperidine rings is 1. The lowest BCUT2D eigenvalue weighted by molar-refractivity contribution is -0.137. The van der Waals surface area contributed by atoms with Crippen molar-refractivity contribution < 1.29 is 18.0 Å². The van der Waals surface area contributed by atoms with Crippen LogP contribution < -0.4 is 5.32 Å². The number of likely N-dealkylation sites (tertiary alicyclic amines) is 1. The standard InChI is InChI=1S/C15H19F3N2O/c1-20-8-4-5-11(10-20)9-14(21)19-13-7-3-2-6-12(13)15(16,17)18/h2-3,6-7,11H,4-5,8-10H2,1H3,(H,19,21). The average Bonchev–Trinajstić information content (AvgIpc) is 2.37. The fraction of sp³-hybridized carbons (Fsp3) is 0.533. The summed E-state index contributed by atoms with van der Waals surface area (Å²) in [4.78, 5) is 14.1. The Labute approximate surface area is 122 Å². The molecule has 2 rings (SSSR count). The van der Waals surface area contributed by atoms with E-state index in [-0.39, 0.29) is 23.9 Å². The van der Waals surface area contributed by atoms with E-state index in [9.17, 15) is 18.0 Å². The molecule has 0 bridgehead atoms. The van der Waals surface area contributed by atoms with E-state index in [4.69, 9.17) is 0 Å². The summed E-state index contributed by atoms with van der Waals surface area (Å²) in [6.45, 7) is 1.82. The molecule has 1 saturated heterocycles. The van der Waals surface area contributed by atoms with Crippen molar-refractivity contribution in [1.82, 2.24) is 4.90 Å². The van der Waals surface area contributed by atoms with E-state index in [2.05, 4.69) is 10.2 Å². The smallest absolute Gasteiger partial charge is 0.325 e. The van der Waals surface area contributed by atoms with Crippen LogP contribution >= 0.6 is 0 Å². The number of nitrogens with one attached hydrogen (secondary N) is 1. The molecule has 0 aliphatic carbocycles. The lowest BCUT2D eigenvalue weighted by atomic mass is 9.95. The molecule has 6 heteroatoms. The highest BCUT2D eigenvalue weighted by Crippen LogP contribution is 2.34. The van der Waals surface area contributed by atoms with Crippen molar-refractivity contribution in [3.8, 4) is 0 Å². The molecular weight excluding hydrogens is 281 g/mol. The lowest BCUT2D eigenvalue weighted by Crippen LogP contribution is -2.34. The number of benzene rings is 1. The van der Waals surface area contributed by atoms with Crippen LogP contribution in [0.15, 0.2) is 24.3 Å². The van der Waals surface area contributed by atoms with Gasteiger partial charge in [-0.3, -0.25) is 4.79 Å². The molecule has 1 aliphatic heterocycles. The van der Waals surface area contributed by atoms with E-state index in [1.165, 1.54) is 18.2 Å². The SMILES string of the molecule is CN1CCCC(CC(=O)Nc2ccccc2C(F)(F)F)C1. The van der Waals surface area contributed by atoms with Gasteiger partial charge < -0.3 is 10.2 Å². The van der Waals surface area contributed by atoms with Crippen LogP contribution in [0.1, 0.15) is 24.8 Å². The Morgan fingerprint density at radius 3 is 2.76 bits per heavy atom. The molecule has 3 nitrogen and oxygen atoms in total. The molecule has 1 heterocycles. The highest BCUT2D eigenvalue weighted by atomic mass is 19.4. The molecule has 0 radical (unpaired) electrons. The van der Waals surface area contributed by atoms with Crippen LogP contribution in [0.3, 0.4) is 0 Å². The van der Waals surface area contributed by atoms with Gasteiger partial charge in [0.05, 0.1) is 11.3 Å². The predicted molar refractivity (Wildman–Crippen MR) is 74.9 cm³/mol. The van der Waals surface area contributed by atoms with Crippen molar-refractivity contribution in [3.05, 3.63) is 29.8 Å². The number of nitrogens with zero attached hydrogens (tertiary/aromatic N) is 1. The van der Waals surface area contributed by atoms with Gasteiger partial charge in [-0.25, -0.2) is 0 Å². The maximum absolute atomic E-state index is 12.9. The third-order valence-electron chi connectivity index (χ3n) is 3.70. The van der Waals surface area contributed by atoms with Gasteiger partial charge in [-0.2, -0.15) is 13.2 Å². The Kier molecular flexibility index (Phi) is 4.88. The first-order valence-corrected chi connectivity index (χ1v) is 7.01. The second kappa shape index (κ2) is 6.47. The normalized spacial score (nSPS) is 20.3. The molecule has 1 aromatic rings. The Bertz CT molecular complexity index is 502. The number of hydrogen-bond acceptors (Lipinski definition) is 2. The first-order valence-electron chi connectivity index (χ1n) is 7.01. The largest absolute Gasteiger partial charge is 0.418 e. The maximum atomic E-state index is 12.9. The molecule has 1 amide bonds. The molecule has 1 atom stereocenters. The second-order valence-electron chi connectivity index (χ2n) is 5.57. The van der Waals surface area contributed by atoms with Crippen LogP contribution in [0.4, 0.5) is 18.9 Å². The summed E-state index contributed by atoms with van der Waals surface area (Å²) in [6.07, 6.45) is -2.24. The lowest BCUT2D eigenvalue weighted by Gasteiger charge is -2.29. The number of para-hydroxylation sites is 1. The minimum Gasteiger partial charge on any atom is -0.325 e. The molecule has 0 aromatic heterocycles. The van der Waals surface area contributed by atoms with E-state index >= 15 is 0 Å². The Morgan fingerprint density at radius 2 is 2.10 bits per heavy atom. The molecular formula is C15H19F3N2O. The fourth-order valence-corrected chi connectivity index (χ4v) is 2.74. The molecule has 21 heavy (non-hydrogen) atoms. The topological polar surface area (TPSA) is 32.3 Å². The number of alkyl halides is 3. The van der Waals surface area contributed by atoms with Crippen molar-refractivity contribution in [3.63, 3.8) is 0 Å². The van der Waals surface area contributed by atoms with Crippen LogP contribution in [-0.4, -0.2) is 30.9 Å². The van der Waals surface area contributed by atoms with Gasteiger partial charge >= 0.3 is 6.18 Å². The van der Waals surface area contributed by atoms with Crippen molar-refractivity contribution in [2.45, 2.75) is 25.4 Å². The summed E-state index contributed by atoms with van der Waals surface area (Å²) in [5, 5.41) is 2.40. The molecule has 1 aliphatic rings. The summed E-state index contributed by atoms with van der Waals surface area (Å²) >= 11 is 0. The minimum absolute atomic E-state index is 0.167. The maximum Gasteiger partial charge on any atom is 0.418 e. The average molecular weight is 300 g/mol. The second-order valence-corrected chi connectivity index (χ2v) is 5.57. The van der Waals surface area contributed by atoms with Crippen LogP contribution in [0, 0.1) is 5.92 Å². The van der Waals surface area contributed by atoms with E-state index in [1.807, 2.05) is 7.05 Å². The van der Waals surface area contributed by atoms with Gasteiger partial charge in [0.2, 0.25) is 5.91 Å². The van der Waals surface area contributed by atoms with Gasteiger partial charge in [0.15, 0.2) is 0 Å². The molecule has 1 N–H and O–H groups in total. The fourth-order valence-electron chi connectivity index (χ4n) is 2.74. The summed E-state index contributed by atoms with van der Waals surface area (Å²) in [5.41, 5.74) is -0.974. The Hall–Kier alpha value is -1.56. The van der Waals surface area contributed by atoms with Crippen LogP contribution in [0.5, 0.6) is 0 Å². The van der Waals surface area contributed by atoms with Gasteiger partial charge in [-0.15, -0.1) is 0 Å². The zero-order chi connectivity index (χ0) is 15.5. The summed E-state index contributed by atoms with van der Waals surface area (Å²) in [6, 6.07) is 5.06. The third kappa shape index (κ3) is 4.46. The van der Waals surface area contributed by atoms with Gasteiger partial charge in [0, 0.05) is 13.0 Å². The van der Waals surface area contributed by atoms with Crippen molar-refractivity contribution in [2.24, 2.45) is 5.92 Å². The number of hydrogen-bond donors (Lipinski definition) is 1. The van der Waals surface area contributed by atoms with Crippen molar-refractivity contribution >= 4 is 11.6 Å². The third-order valence-corrected chi connectivity index (χ3v) is 3.70. The quantitative estimate of drug-likeness (QED) is 0.928. The van der Waals surface area contributed by atoms with Crippen LogP contribution in [0.25, 0.3) is 0 Å². The first-order chi connectivity index (χ1) is 9.86. The first kappa shape index (κ1) is 15.8. The van der Waals surface area contributed by atoms with Gasteiger partial charge in [-0.1, -0.05) is 12.1 Å². The zero-order valence-corrected chi connectivity index (χ0v) is 11.9. The highest BCUT2D eigenvalue weighted by molar-refractivity contribution is 5.91. The Morgan fingerprint density at radius 1 is 1.38 bits per heavy atom. The molecule has 1 aromatic carbocycles. The number of carbonyl (C=O) groups excluding carboxylic acids is 1. The predicted octanol–water partition coefficient (Wildman–Crippen LogP) is 3.38. The molecule has 1 fully saturated rings. The Balaban J connectivity index is 2.00. The molecule has 0 saturated carbocycles. The van der Waals surface area contributed by atoms with Gasteiger partial charge in [0.25, 0.3) is 0 Å². The number of amides is 1. The minimum atomic E-state index is -4.46. The summed E-state index contributed by atoms with van der Waals surface area (Å²) in [7, 11) is 1.99. The van der Waals surface area contributed by atoms with Crippen molar-refractivity contribution in [2.75, 3.05) is 25.5 Å². The summed E-state index contributed by atoms with van der Waals surface area (Å²) < 4.78 is 38.6. The van der Waals surface area contributed by atoms with Crippen LogP contribution in [-0.2, 0) is 11.0 Å². The van der Waals surface area contributed by atoms with E-state index in [0.29, 0.717) is 0 Å². The summed E-state index contributed by atoms with van der Waals surface area (Å²) in [5.74, 6) is -0.145. The van der Waals surface area contributed by atoms with Gasteiger partial charge in [0.1, 0.15) is 0 Å². The number of carbonyl (C=O) groups is 1. The van der Waals surface area contributed by atoms with E-state index in [0.717, 1.165) is 32.0 Å².